The van der Waals surface area contributed by atoms with Gasteiger partial charge in [0, 0.05) is 33.0 Å². The minimum Gasteiger partial charge on any atom is -0.312 e. The van der Waals surface area contributed by atoms with E-state index in [4.69, 9.17) is 0 Å². The molecule has 0 atom stereocenters. The number of anilines is 3. The lowest BCUT2D eigenvalue weighted by atomic mass is 9.33. The van der Waals surface area contributed by atoms with Gasteiger partial charge in [-0.3, -0.25) is 0 Å². The Bertz CT molecular complexity index is 2830. The Kier molecular flexibility index (Phi) is 10.2. The van der Waals surface area contributed by atoms with E-state index in [0.717, 1.165) is 21.6 Å². The van der Waals surface area contributed by atoms with Crippen LogP contribution in [0.25, 0.3) is 0 Å². The van der Waals surface area contributed by atoms with Crippen molar-refractivity contribution < 1.29 is 4.57 Å². The van der Waals surface area contributed by atoms with Crippen LogP contribution in [0.1, 0.15) is 76.0 Å². The third kappa shape index (κ3) is 6.10. The summed E-state index contributed by atoms with van der Waals surface area (Å²) in [7, 11) is -6.20. The van der Waals surface area contributed by atoms with Crippen molar-refractivity contribution in [1.82, 2.24) is 0 Å². The molecule has 0 aliphatic carbocycles. The maximum Gasteiger partial charge on any atom is 0.247 e. The fraction of sp³-hybridized carbons (Fsp3) is 0.158. The van der Waals surface area contributed by atoms with Crippen LogP contribution in [0.4, 0.5) is 17.1 Å². The molecule has 8 aromatic rings. The van der Waals surface area contributed by atoms with E-state index >= 15 is 4.57 Å². The molecular weight excluding hydrogens is 785 g/mol. The second-order valence-electron chi connectivity index (χ2n) is 18.1. The number of fused-ring (bicyclic) bond motifs is 4. The molecule has 62 heavy (non-hydrogen) atoms. The predicted molar refractivity (Wildman–Crippen MR) is 271 cm³/mol. The zero-order chi connectivity index (χ0) is 42.8. The number of nitrogens with zero attached hydrogens (tertiary/aromatic N) is 1. The lowest BCUT2D eigenvalue weighted by Gasteiger charge is -2.43. The zero-order valence-electron chi connectivity index (χ0n) is 36.6. The highest BCUT2D eigenvalue weighted by Crippen LogP contribution is 2.45. The van der Waals surface area contributed by atoms with Crippen LogP contribution in [0.2, 0.25) is 0 Å². The number of hydrogen-bond acceptors (Lipinski definition) is 2. The molecule has 0 radical (unpaired) electrons. The number of para-hydroxylation sites is 2. The van der Waals surface area contributed by atoms with E-state index in [1.807, 2.05) is 0 Å². The molecule has 2 nitrogen and oxygen atoms in total. The Morgan fingerprint density at radius 1 is 0.468 bits per heavy atom. The van der Waals surface area contributed by atoms with Gasteiger partial charge >= 0.3 is 0 Å². The Balaban J connectivity index is 1.14. The predicted octanol–water partition coefficient (Wildman–Crippen LogP) is 8.69. The Labute approximate surface area is 369 Å². The van der Waals surface area contributed by atoms with E-state index < -0.39 is 15.2 Å². The topological polar surface area (TPSA) is 20.3 Å². The van der Waals surface area contributed by atoms with Crippen LogP contribution in [0.3, 0.4) is 0 Å². The summed E-state index contributed by atoms with van der Waals surface area (Å²) < 4.78 is 16.6. The average Bonchev–Trinajstić information content (AvgIpc) is 3.31. The summed E-state index contributed by atoms with van der Waals surface area (Å²) in [5.41, 5.74) is 11.8. The van der Waals surface area contributed by atoms with E-state index in [1.54, 1.807) is 0 Å². The summed E-state index contributed by atoms with van der Waals surface area (Å²) in [5, 5.41) is 7.76. The molecule has 0 saturated heterocycles. The van der Waals surface area contributed by atoms with Crippen LogP contribution in [0.15, 0.2) is 194 Å². The standard InChI is InChI=1S/C57H53BNOPSi/c1-39(2)42-37-47(40(3)4)57(48(38-42)41(5)6)58-49-25-13-15-27-51(49)59(52-28-16-14-26-50(52)58)43-33-35-44(36-34-43)61(60)53-29-17-19-31-55(53)62(45-21-9-7-10-22-45,46-23-11-8-12-24-46)56-32-20-18-30-54(56)61/h7-41H,1-6H3. The van der Waals surface area contributed by atoms with Crippen LogP contribution >= 0.6 is 7.14 Å². The summed E-state index contributed by atoms with van der Waals surface area (Å²) in [4.78, 5) is 2.43. The van der Waals surface area contributed by atoms with Gasteiger partial charge in [-0.1, -0.05) is 205 Å². The SMILES string of the molecule is CC(C)c1cc(C(C)C)c(B2c3ccccc3N(c3ccc(P4(=O)c5ccccc5[Si](c5ccccc5)(c5ccccc5)c5ccccc54)cc3)c3ccccc32)c(C(C)C)c1. The highest BCUT2D eigenvalue weighted by Gasteiger charge is 2.52. The molecule has 5 heteroatoms. The van der Waals surface area contributed by atoms with Gasteiger partial charge in [0.25, 0.3) is 0 Å². The number of hydrogen-bond donors (Lipinski definition) is 0. The second kappa shape index (κ2) is 15.8. The molecule has 2 heterocycles. The summed E-state index contributed by atoms with van der Waals surface area (Å²) >= 11 is 0. The molecule has 2 aliphatic heterocycles. The normalized spacial score (nSPS) is 14.7. The molecule has 0 amide bonds. The fourth-order valence-corrected chi connectivity index (χ4v) is 20.4. The van der Waals surface area contributed by atoms with Crippen LogP contribution < -0.4 is 57.9 Å². The van der Waals surface area contributed by atoms with Gasteiger partial charge in [0.05, 0.1) is 0 Å². The van der Waals surface area contributed by atoms with Crippen molar-refractivity contribution in [1.29, 1.82) is 0 Å². The summed E-state index contributed by atoms with van der Waals surface area (Å²) in [5.74, 6) is 1.20. The highest BCUT2D eigenvalue weighted by atomic mass is 31.2. The Hall–Kier alpha value is -5.93. The Morgan fingerprint density at radius 2 is 0.887 bits per heavy atom. The van der Waals surface area contributed by atoms with Gasteiger partial charge in [-0.05, 0) is 103 Å². The lowest BCUT2D eigenvalue weighted by Crippen LogP contribution is -2.81. The van der Waals surface area contributed by atoms with Crippen molar-refractivity contribution in [3.63, 3.8) is 0 Å². The van der Waals surface area contributed by atoms with Gasteiger partial charge in [0.15, 0.2) is 15.2 Å². The lowest BCUT2D eigenvalue weighted by molar-refractivity contribution is 0.592. The molecule has 0 aromatic heterocycles. The smallest absolute Gasteiger partial charge is 0.247 e. The molecule has 8 aromatic carbocycles. The van der Waals surface area contributed by atoms with E-state index in [-0.39, 0.29) is 6.71 Å². The molecule has 304 valence electrons. The maximum atomic E-state index is 16.6. The van der Waals surface area contributed by atoms with E-state index in [1.165, 1.54) is 65.2 Å². The van der Waals surface area contributed by atoms with E-state index in [2.05, 4.69) is 241 Å². The molecule has 0 unspecified atom stereocenters. The first kappa shape index (κ1) is 40.2. The summed E-state index contributed by atoms with van der Waals surface area (Å²) in [6.45, 7) is 14.1. The van der Waals surface area contributed by atoms with Crippen molar-refractivity contribution in [2.45, 2.75) is 59.3 Å². The van der Waals surface area contributed by atoms with Gasteiger partial charge in [0.2, 0.25) is 6.71 Å². The molecule has 0 bridgehead atoms. The van der Waals surface area contributed by atoms with Gasteiger partial charge in [-0.25, -0.2) is 0 Å². The van der Waals surface area contributed by atoms with E-state index in [9.17, 15) is 0 Å². The van der Waals surface area contributed by atoms with Crippen molar-refractivity contribution >= 4 is 92.0 Å². The molecule has 2 aliphatic rings. The van der Waals surface area contributed by atoms with Crippen molar-refractivity contribution in [3.05, 3.63) is 211 Å². The van der Waals surface area contributed by atoms with Crippen molar-refractivity contribution in [3.8, 4) is 0 Å². The molecule has 0 N–H and O–H groups in total. The maximum absolute atomic E-state index is 16.6. The van der Waals surface area contributed by atoms with Crippen LogP contribution in [0, 0.1) is 0 Å². The van der Waals surface area contributed by atoms with Gasteiger partial charge in [-0.2, -0.15) is 0 Å². The molecule has 0 saturated carbocycles. The van der Waals surface area contributed by atoms with Crippen LogP contribution in [-0.2, 0) is 4.57 Å². The second-order valence-corrected chi connectivity index (χ2v) is 24.5. The first-order valence-corrected chi connectivity index (χ1v) is 26.0. The minimum absolute atomic E-state index is 0.0821. The quantitative estimate of drug-likeness (QED) is 0.113. The third-order valence-corrected chi connectivity index (χ3v) is 22.1. The monoisotopic (exact) mass is 837 g/mol. The van der Waals surface area contributed by atoms with Gasteiger partial charge < -0.3 is 9.46 Å². The highest BCUT2D eigenvalue weighted by molar-refractivity contribution is 7.87. The third-order valence-electron chi connectivity index (χ3n) is 13.6. The first-order chi connectivity index (χ1) is 30.1. The molecule has 0 fully saturated rings. The van der Waals surface area contributed by atoms with Crippen LogP contribution in [-0.4, -0.2) is 14.8 Å². The number of benzene rings is 8. The minimum atomic E-state index is -3.33. The molecule has 10 rings (SSSR count). The van der Waals surface area contributed by atoms with Crippen molar-refractivity contribution in [2.75, 3.05) is 4.90 Å². The average molecular weight is 838 g/mol. The molecular formula is C57H53BNOPSi. The first-order valence-electron chi connectivity index (χ1n) is 22.3. The largest absolute Gasteiger partial charge is 0.312 e. The fourth-order valence-electron chi connectivity index (χ4n) is 10.8. The molecule has 0 spiro atoms. The Morgan fingerprint density at radius 3 is 1.34 bits per heavy atom. The van der Waals surface area contributed by atoms with Gasteiger partial charge in [0.1, 0.15) is 0 Å². The zero-order valence-corrected chi connectivity index (χ0v) is 38.5. The summed E-state index contributed by atoms with van der Waals surface area (Å²) in [6, 6.07) is 70.9. The van der Waals surface area contributed by atoms with Crippen LogP contribution in [0.5, 0.6) is 0 Å². The van der Waals surface area contributed by atoms with E-state index in [0.29, 0.717) is 17.8 Å². The summed E-state index contributed by atoms with van der Waals surface area (Å²) in [6.07, 6.45) is 0. The van der Waals surface area contributed by atoms with Gasteiger partial charge in [-0.15, -0.1) is 0 Å². The number of rotatable bonds is 8. The van der Waals surface area contributed by atoms with Crippen molar-refractivity contribution in [2.24, 2.45) is 0 Å².